The molecule has 220 valence electrons. The van der Waals surface area contributed by atoms with Crippen LogP contribution in [-0.2, 0) is 26.2 Å². The zero-order valence-electron chi connectivity index (χ0n) is 24.0. The first kappa shape index (κ1) is 32.0. The Kier molecular flexibility index (Phi) is 10.4. The van der Waals surface area contributed by atoms with Crippen molar-refractivity contribution in [1.82, 2.24) is 10.2 Å². The van der Waals surface area contributed by atoms with Gasteiger partial charge in [-0.1, -0.05) is 46.3 Å². The van der Waals surface area contributed by atoms with Crippen molar-refractivity contribution in [1.29, 1.82) is 0 Å². The zero-order chi connectivity index (χ0) is 30.4. The van der Waals surface area contributed by atoms with E-state index in [1.165, 1.54) is 37.3 Å². The molecule has 1 N–H and O–H groups in total. The van der Waals surface area contributed by atoms with E-state index in [0.717, 1.165) is 14.3 Å². The van der Waals surface area contributed by atoms with Gasteiger partial charge in [0.1, 0.15) is 24.1 Å². The molecule has 0 heterocycles. The molecular weight excluding hydrogens is 610 g/mol. The quantitative estimate of drug-likeness (QED) is 0.315. The maximum atomic E-state index is 14.1. The predicted molar refractivity (Wildman–Crippen MR) is 163 cm³/mol. The molecule has 1 unspecified atom stereocenters. The highest BCUT2D eigenvalue weighted by molar-refractivity contribution is 9.10. The van der Waals surface area contributed by atoms with Gasteiger partial charge in [-0.25, -0.2) is 8.42 Å². The van der Waals surface area contributed by atoms with Gasteiger partial charge in [0.2, 0.25) is 11.8 Å². The lowest BCUT2D eigenvalue weighted by Gasteiger charge is -2.33. The number of methoxy groups -OCH3 is 2. The average Bonchev–Trinajstić information content (AvgIpc) is 2.94. The topological polar surface area (TPSA) is 105 Å². The number of rotatable bonds is 11. The van der Waals surface area contributed by atoms with Gasteiger partial charge in [0.25, 0.3) is 10.0 Å². The van der Waals surface area contributed by atoms with Gasteiger partial charge in [-0.05, 0) is 69.7 Å². The van der Waals surface area contributed by atoms with Crippen molar-refractivity contribution < 1.29 is 27.5 Å². The summed E-state index contributed by atoms with van der Waals surface area (Å²) in [6.45, 7) is 6.66. The van der Waals surface area contributed by atoms with Crippen LogP contribution in [0.1, 0.15) is 33.3 Å². The normalized spacial score (nSPS) is 12.3. The van der Waals surface area contributed by atoms with Crippen LogP contribution in [0.5, 0.6) is 11.5 Å². The summed E-state index contributed by atoms with van der Waals surface area (Å²) in [6.07, 6.45) is 0. The Morgan fingerprint density at radius 3 is 2.15 bits per heavy atom. The van der Waals surface area contributed by atoms with Crippen molar-refractivity contribution in [2.24, 2.45) is 0 Å². The lowest BCUT2D eigenvalue weighted by Crippen LogP contribution is -2.54. The minimum atomic E-state index is -4.25. The monoisotopic (exact) mass is 645 g/mol. The molecule has 1 atom stereocenters. The van der Waals surface area contributed by atoms with Crippen LogP contribution in [0.15, 0.2) is 82.2 Å². The summed E-state index contributed by atoms with van der Waals surface area (Å²) in [7, 11) is -1.37. The van der Waals surface area contributed by atoms with Crippen molar-refractivity contribution in [3.63, 3.8) is 0 Å². The molecule has 0 radical (unpaired) electrons. The standard InChI is InChI=1S/C30H36BrN3O6S/c1-21(29(36)32-30(2,3)4)33(19-22-12-14-23(31)15-13-22)28(35)20-34(41(37,38)25-10-8-7-9-11-25)26-18-24(39-5)16-17-27(26)40-6/h7-18,21H,19-20H2,1-6H3,(H,32,36). The van der Waals surface area contributed by atoms with Crippen LogP contribution in [0.4, 0.5) is 5.69 Å². The first-order valence-corrected chi connectivity index (χ1v) is 15.2. The number of sulfonamides is 1. The van der Waals surface area contributed by atoms with Crippen LogP contribution in [0.2, 0.25) is 0 Å². The molecule has 9 nitrogen and oxygen atoms in total. The van der Waals surface area contributed by atoms with Gasteiger partial charge in [0, 0.05) is 22.6 Å². The van der Waals surface area contributed by atoms with E-state index in [9.17, 15) is 18.0 Å². The van der Waals surface area contributed by atoms with E-state index < -0.39 is 34.1 Å². The third-order valence-electron chi connectivity index (χ3n) is 6.20. The molecule has 0 aliphatic rings. The van der Waals surface area contributed by atoms with Crippen molar-refractivity contribution in [2.75, 3.05) is 25.1 Å². The number of hydrogen-bond donors (Lipinski definition) is 1. The molecule has 0 saturated heterocycles. The molecule has 0 saturated carbocycles. The van der Waals surface area contributed by atoms with Gasteiger partial charge in [0.05, 0.1) is 24.8 Å². The lowest BCUT2D eigenvalue weighted by molar-refractivity contribution is -0.140. The summed E-state index contributed by atoms with van der Waals surface area (Å²) >= 11 is 3.41. The fraction of sp³-hybridized carbons (Fsp3) is 0.333. The number of carbonyl (C=O) groups excluding carboxylic acids is 2. The Labute approximate surface area is 250 Å². The Bertz CT molecular complexity index is 1460. The molecule has 3 aromatic rings. The third kappa shape index (κ3) is 8.23. The average molecular weight is 647 g/mol. The van der Waals surface area contributed by atoms with Gasteiger partial charge in [0.15, 0.2) is 0 Å². The Morgan fingerprint density at radius 1 is 0.951 bits per heavy atom. The summed E-state index contributed by atoms with van der Waals surface area (Å²) in [5.74, 6) is -0.324. The van der Waals surface area contributed by atoms with Crippen molar-refractivity contribution in [3.05, 3.63) is 82.8 Å². The first-order chi connectivity index (χ1) is 19.3. The second kappa shape index (κ2) is 13.4. The third-order valence-corrected chi connectivity index (χ3v) is 8.50. The van der Waals surface area contributed by atoms with Crippen LogP contribution in [0, 0.1) is 0 Å². The summed E-state index contributed by atoms with van der Waals surface area (Å²) in [4.78, 5) is 28.7. The maximum Gasteiger partial charge on any atom is 0.264 e. The fourth-order valence-electron chi connectivity index (χ4n) is 4.07. The smallest absolute Gasteiger partial charge is 0.264 e. The minimum absolute atomic E-state index is 0.00402. The zero-order valence-corrected chi connectivity index (χ0v) is 26.5. The van der Waals surface area contributed by atoms with Crippen molar-refractivity contribution in [3.8, 4) is 11.5 Å². The van der Waals surface area contributed by atoms with Crippen LogP contribution in [-0.4, -0.2) is 57.5 Å². The molecule has 2 amide bonds. The molecule has 0 bridgehead atoms. The van der Waals surface area contributed by atoms with Gasteiger partial charge in [-0.2, -0.15) is 0 Å². The van der Waals surface area contributed by atoms with Crippen LogP contribution < -0.4 is 19.1 Å². The van der Waals surface area contributed by atoms with E-state index in [4.69, 9.17) is 9.47 Å². The molecule has 0 aliphatic heterocycles. The molecule has 0 fully saturated rings. The van der Waals surface area contributed by atoms with Crippen LogP contribution in [0.3, 0.4) is 0 Å². The Balaban J connectivity index is 2.11. The molecule has 11 heteroatoms. The van der Waals surface area contributed by atoms with E-state index in [-0.39, 0.29) is 28.8 Å². The number of amides is 2. The van der Waals surface area contributed by atoms with E-state index in [2.05, 4.69) is 21.2 Å². The molecule has 0 aliphatic carbocycles. The molecule has 0 spiro atoms. The number of nitrogens with zero attached hydrogens (tertiary/aromatic N) is 2. The molecular formula is C30H36BrN3O6S. The van der Waals surface area contributed by atoms with Crippen LogP contribution in [0.25, 0.3) is 0 Å². The summed E-state index contributed by atoms with van der Waals surface area (Å²) in [5, 5.41) is 2.91. The number of ether oxygens (including phenoxy) is 2. The number of anilines is 1. The predicted octanol–water partition coefficient (Wildman–Crippen LogP) is 4.99. The van der Waals surface area contributed by atoms with Gasteiger partial charge < -0.3 is 19.7 Å². The number of carbonyl (C=O) groups is 2. The SMILES string of the molecule is COc1ccc(OC)c(N(CC(=O)N(Cc2ccc(Br)cc2)C(C)C(=O)NC(C)(C)C)S(=O)(=O)c2ccccc2)c1. The van der Waals surface area contributed by atoms with Crippen LogP contribution >= 0.6 is 15.9 Å². The number of benzene rings is 3. The second-order valence-electron chi connectivity index (χ2n) is 10.4. The lowest BCUT2D eigenvalue weighted by atomic mass is 10.1. The van der Waals surface area contributed by atoms with Gasteiger partial charge in [-0.15, -0.1) is 0 Å². The summed E-state index contributed by atoms with van der Waals surface area (Å²) < 4.78 is 40.7. The van der Waals surface area contributed by atoms with Crippen molar-refractivity contribution in [2.45, 2.75) is 50.7 Å². The van der Waals surface area contributed by atoms with E-state index in [1.807, 2.05) is 45.0 Å². The second-order valence-corrected chi connectivity index (χ2v) is 13.2. The molecule has 0 aromatic heterocycles. The molecule has 41 heavy (non-hydrogen) atoms. The first-order valence-electron chi connectivity index (χ1n) is 12.9. The van der Waals surface area contributed by atoms with E-state index >= 15 is 0 Å². The highest BCUT2D eigenvalue weighted by Crippen LogP contribution is 2.36. The maximum absolute atomic E-state index is 14.1. The Hall–Kier alpha value is -3.57. The summed E-state index contributed by atoms with van der Waals surface area (Å²) in [6, 6.07) is 19.0. The molecule has 3 aromatic carbocycles. The molecule has 3 rings (SSSR count). The van der Waals surface area contributed by atoms with Gasteiger partial charge in [-0.3, -0.25) is 13.9 Å². The fourth-order valence-corrected chi connectivity index (χ4v) is 5.77. The van der Waals surface area contributed by atoms with E-state index in [1.54, 1.807) is 37.3 Å². The van der Waals surface area contributed by atoms with Gasteiger partial charge >= 0.3 is 0 Å². The largest absolute Gasteiger partial charge is 0.497 e. The van der Waals surface area contributed by atoms with E-state index in [0.29, 0.717) is 5.75 Å². The minimum Gasteiger partial charge on any atom is -0.497 e. The van der Waals surface area contributed by atoms with Crippen molar-refractivity contribution >= 4 is 43.5 Å². The number of hydrogen-bond acceptors (Lipinski definition) is 6. The highest BCUT2D eigenvalue weighted by Gasteiger charge is 2.34. The number of halogens is 1. The number of nitrogens with one attached hydrogen (secondary N) is 1. The highest BCUT2D eigenvalue weighted by atomic mass is 79.9. The Morgan fingerprint density at radius 2 is 1.59 bits per heavy atom. The summed E-state index contributed by atoms with van der Waals surface area (Å²) in [5.41, 5.74) is 0.363.